The van der Waals surface area contributed by atoms with Crippen LogP contribution in [0.15, 0.2) is 34.8 Å². The molecule has 0 radical (unpaired) electrons. The van der Waals surface area contributed by atoms with Crippen molar-refractivity contribution >= 4 is 44.6 Å². The van der Waals surface area contributed by atoms with Crippen LogP contribution in [0.3, 0.4) is 0 Å². The second-order valence-electron chi connectivity index (χ2n) is 5.01. The summed E-state index contributed by atoms with van der Waals surface area (Å²) in [5.41, 5.74) is 2.49. The van der Waals surface area contributed by atoms with Gasteiger partial charge in [0.25, 0.3) is 0 Å². The van der Waals surface area contributed by atoms with E-state index in [1.54, 1.807) is 11.3 Å². The SMILES string of the molecule is CCCNCc1ccc(N(C)Cc2ccc(Cl)s2)cc1Br. The van der Waals surface area contributed by atoms with Gasteiger partial charge in [0, 0.05) is 28.6 Å². The van der Waals surface area contributed by atoms with Crippen molar-refractivity contribution in [2.45, 2.75) is 26.4 Å². The predicted octanol–water partition coefficient (Wildman–Crippen LogP) is 5.30. The lowest BCUT2D eigenvalue weighted by molar-refractivity contribution is 0.674. The van der Waals surface area contributed by atoms with Gasteiger partial charge in [-0.3, -0.25) is 0 Å². The molecule has 1 N–H and O–H groups in total. The molecule has 0 aliphatic heterocycles. The van der Waals surface area contributed by atoms with Crippen molar-refractivity contribution in [3.8, 4) is 0 Å². The molecule has 0 fully saturated rings. The van der Waals surface area contributed by atoms with E-state index in [2.05, 4.69) is 64.4 Å². The van der Waals surface area contributed by atoms with Crippen LogP contribution in [-0.4, -0.2) is 13.6 Å². The summed E-state index contributed by atoms with van der Waals surface area (Å²) in [5, 5.41) is 3.43. The van der Waals surface area contributed by atoms with Crippen molar-refractivity contribution in [1.82, 2.24) is 5.32 Å². The van der Waals surface area contributed by atoms with Crippen LogP contribution in [-0.2, 0) is 13.1 Å². The lowest BCUT2D eigenvalue weighted by Crippen LogP contribution is -2.17. The fraction of sp³-hybridized carbons (Fsp3) is 0.375. The molecule has 0 aliphatic carbocycles. The molecule has 2 nitrogen and oxygen atoms in total. The molecular formula is C16H20BrClN2S. The van der Waals surface area contributed by atoms with E-state index >= 15 is 0 Å². The second-order valence-corrected chi connectivity index (χ2v) is 7.67. The lowest BCUT2D eigenvalue weighted by atomic mass is 10.2. The van der Waals surface area contributed by atoms with E-state index in [9.17, 15) is 0 Å². The van der Waals surface area contributed by atoms with Crippen LogP contribution < -0.4 is 10.2 Å². The molecule has 0 spiro atoms. The smallest absolute Gasteiger partial charge is 0.0931 e. The maximum atomic E-state index is 5.98. The zero-order valence-electron chi connectivity index (χ0n) is 12.3. The molecule has 0 atom stereocenters. The molecule has 1 heterocycles. The largest absolute Gasteiger partial charge is 0.369 e. The van der Waals surface area contributed by atoms with Gasteiger partial charge in [-0.1, -0.05) is 40.5 Å². The summed E-state index contributed by atoms with van der Waals surface area (Å²) in [6.07, 6.45) is 1.15. The van der Waals surface area contributed by atoms with Gasteiger partial charge in [0.05, 0.1) is 10.9 Å². The first-order chi connectivity index (χ1) is 10.1. The zero-order chi connectivity index (χ0) is 15.2. The van der Waals surface area contributed by atoms with E-state index in [0.29, 0.717) is 0 Å². The molecule has 5 heteroatoms. The van der Waals surface area contributed by atoms with Crippen LogP contribution in [0, 0.1) is 0 Å². The summed E-state index contributed by atoms with van der Waals surface area (Å²) in [6, 6.07) is 10.6. The Morgan fingerprint density at radius 2 is 2.10 bits per heavy atom. The van der Waals surface area contributed by atoms with E-state index < -0.39 is 0 Å². The molecule has 0 bridgehead atoms. The predicted molar refractivity (Wildman–Crippen MR) is 97.6 cm³/mol. The lowest BCUT2D eigenvalue weighted by Gasteiger charge is -2.19. The monoisotopic (exact) mass is 386 g/mol. The quantitative estimate of drug-likeness (QED) is 0.648. The molecule has 0 aliphatic rings. The van der Waals surface area contributed by atoms with Crippen molar-refractivity contribution in [3.05, 3.63) is 49.6 Å². The average Bonchev–Trinajstić information content (AvgIpc) is 2.86. The second kappa shape index (κ2) is 8.18. The maximum absolute atomic E-state index is 5.98. The van der Waals surface area contributed by atoms with Gasteiger partial charge in [0.2, 0.25) is 0 Å². The van der Waals surface area contributed by atoms with E-state index in [4.69, 9.17) is 11.6 Å². The zero-order valence-corrected chi connectivity index (χ0v) is 15.5. The van der Waals surface area contributed by atoms with Crippen LogP contribution in [0.25, 0.3) is 0 Å². The first-order valence-corrected chi connectivity index (χ1v) is 9.03. The third-order valence-corrected chi connectivity index (χ3v) is 5.20. The molecule has 1 aromatic carbocycles. The Kier molecular flexibility index (Phi) is 6.55. The summed E-state index contributed by atoms with van der Waals surface area (Å²) in [4.78, 5) is 3.50. The average molecular weight is 388 g/mol. The molecule has 2 rings (SSSR count). The van der Waals surface area contributed by atoms with E-state index in [0.717, 1.165) is 34.9 Å². The fourth-order valence-corrected chi connectivity index (χ4v) is 3.73. The van der Waals surface area contributed by atoms with Crippen LogP contribution in [0.2, 0.25) is 4.34 Å². The number of thiophene rings is 1. The number of benzene rings is 1. The highest BCUT2D eigenvalue weighted by Crippen LogP contribution is 2.27. The molecular weight excluding hydrogens is 368 g/mol. The van der Waals surface area contributed by atoms with Gasteiger partial charge in [0.1, 0.15) is 0 Å². The van der Waals surface area contributed by atoms with E-state index in [-0.39, 0.29) is 0 Å². The summed E-state index contributed by atoms with van der Waals surface area (Å²) < 4.78 is 2.00. The standard InChI is InChI=1S/C16H20BrClN2S/c1-3-8-19-10-12-4-5-13(9-15(12)17)20(2)11-14-6-7-16(18)21-14/h4-7,9,19H,3,8,10-11H2,1-2H3. The van der Waals surface area contributed by atoms with Crippen LogP contribution in [0.5, 0.6) is 0 Å². The Hall–Kier alpha value is -0.550. The Morgan fingerprint density at radius 3 is 2.71 bits per heavy atom. The number of hydrogen-bond acceptors (Lipinski definition) is 3. The molecule has 1 aromatic heterocycles. The molecule has 2 aromatic rings. The van der Waals surface area contributed by atoms with Crippen molar-refractivity contribution in [3.63, 3.8) is 0 Å². The minimum atomic E-state index is 0.844. The number of anilines is 1. The number of nitrogens with one attached hydrogen (secondary N) is 1. The van der Waals surface area contributed by atoms with Gasteiger partial charge >= 0.3 is 0 Å². The maximum Gasteiger partial charge on any atom is 0.0931 e. The van der Waals surface area contributed by atoms with Gasteiger partial charge in [-0.2, -0.15) is 0 Å². The van der Waals surface area contributed by atoms with Crippen molar-refractivity contribution in [2.75, 3.05) is 18.5 Å². The van der Waals surface area contributed by atoms with Crippen LogP contribution in [0.1, 0.15) is 23.8 Å². The molecule has 0 saturated carbocycles. The summed E-state index contributed by atoms with van der Waals surface area (Å²) in [7, 11) is 2.10. The normalized spacial score (nSPS) is 10.9. The highest BCUT2D eigenvalue weighted by molar-refractivity contribution is 9.10. The van der Waals surface area contributed by atoms with Gasteiger partial charge in [-0.05, 0) is 42.8 Å². The summed E-state index contributed by atoms with van der Waals surface area (Å²) >= 11 is 11.3. The van der Waals surface area contributed by atoms with Crippen LogP contribution in [0.4, 0.5) is 5.69 Å². The number of hydrogen-bond donors (Lipinski definition) is 1. The number of halogens is 2. The fourth-order valence-electron chi connectivity index (χ4n) is 2.08. The topological polar surface area (TPSA) is 15.3 Å². The Morgan fingerprint density at radius 1 is 1.29 bits per heavy atom. The van der Waals surface area contributed by atoms with Crippen molar-refractivity contribution in [2.24, 2.45) is 0 Å². The summed E-state index contributed by atoms with van der Waals surface area (Å²) in [5.74, 6) is 0. The number of rotatable bonds is 7. The molecule has 21 heavy (non-hydrogen) atoms. The third kappa shape index (κ3) is 4.99. The number of nitrogens with zero attached hydrogens (tertiary/aromatic N) is 1. The molecule has 0 saturated heterocycles. The summed E-state index contributed by atoms with van der Waals surface area (Å²) in [6.45, 7) is 5.00. The molecule has 0 unspecified atom stereocenters. The van der Waals surface area contributed by atoms with Crippen molar-refractivity contribution in [1.29, 1.82) is 0 Å². The van der Waals surface area contributed by atoms with E-state index in [1.165, 1.54) is 16.1 Å². The van der Waals surface area contributed by atoms with Gasteiger partial charge < -0.3 is 10.2 Å². The highest BCUT2D eigenvalue weighted by atomic mass is 79.9. The van der Waals surface area contributed by atoms with Crippen molar-refractivity contribution < 1.29 is 0 Å². The minimum Gasteiger partial charge on any atom is -0.369 e. The Labute approximate surface area is 144 Å². The first-order valence-electron chi connectivity index (χ1n) is 7.04. The minimum absolute atomic E-state index is 0.844. The van der Waals surface area contributed by atoms with Gasteiger partial charge in [-0.25, -0.2) is 0 Å². The van der Waals surface area contributed by atoms with Gasteiger partial charge in [0.15, 0.2) is 0 Å². The Bertz CT molecular complexity index is 585. The van der Waals surface area contributed by atoms with Gasteiger partial charge in [-0.15, -0.1) is 11.3 Å². The highest BCUT2D eigenvalue weighted by Gasteiger charge is 2.07. The molecule has 0 amide bonds. The molecule has 114 valence electrons. The third-order valence-electron chi connectivity index (χ3n) is 3.24. The van der Waals surface area contributed by atoms with Crippen LogP contribution >= 0.6 is 38.9 Å². The Balaban J connectivity index is 2.01. The van der Waals surface area contributed by atoms with E-state index in [1.807, 2.05) is 6.07 Å². The first kappa shape index (κ1) is 16.8.